The summed E-state index contributed by atoms with van der Waals surface area (Å²) in [6.45, 7) is 10.6. The second kappa shape index (κ2) is 12.0. The molecule has 1 aliphatic heterocycles. The van der Waals surface area contributed by atoms with Crippen LogP contribution in [-0.4, -0.2) is 44.1 Å². The standard InChI is InChI=1S/C32H38N4O2S2/c1-19-14-24(21-10-12-39-13-11-21)15-25-28(20(19)2)29(35-18-34-25)23-8-6-22(7-9-23)26(17-37)36-30(38)27-16-33-31(40-27)32(3,4)5/h6-10,15-16,18-20,26,37H,11-14,17H2,1-5H3,(H,36,38)/t19-,20?,26?/m1/s1. The molecule has 3 aromatic rings. The number of allylic oxidation sites excluding steroid dienone is 2. The van der Waals surface area contributed by atoms with E-state index < -0.39 is 6.04 Å². The summed E-state index contributed by atoms with van der Waals surface area (Å²) in [6.07, 6.45) is 10.1. The molecule has 2 aliphatic rings. The Balaban J connectivity index is 1.40. The zero-order valence-electron chi connectivity index (χ0n) is 23.9. The summed E-state index contributed by atoms with van der Waals surface area (Å²) in [5.41, 5.74) is 7.77. The third-order valence-corrected chi connectivity index (χ3v) is 10.2. The maximum Gasteiger partial charge on any atom is 0.263 e. The minimum absolute atomic E-state index is 0.117. The highest BCUT2D eigenvalue weighted by atomic mass is 32.2. The number of thioether (sulfide) groups is 1. The summed E-state index contributed by atoms with van der Waals surface area (Å²) >= 11 is 3.38. The van der Waals surface area contributed by atoms with Crippen molar-refractivity contribution in [2.75, 3.05) is 18.1 Å². The lowest BCUT2D eigenvalue weighted by molar-refractivity contribution is 0.0920. The number of nitrogens with one attached hydrogen (secondary N) is 1. The molecule has 0 saturated carbocycles. The van der Waals surface area contributed by atoms with Crippen LogP contribution in [0.4, 0.5) is 0 Å². The first kappa shape index (κ1) is 28.7. The fourth-order valence-electron chi connectivity index (χ4n) is 5.34. The van der Waals surface area contributed by atoms with E-state index in [2.05, 4.69) is 57.1 Å². The molecular formula is C32H38N4O2S2. The number of fused-ring (bicyclic) bond motifs is 1. The number of aliphatic hydroxyl groups excluding tert-OH is 1. The van der Waals surface area contributed by atoms with Crippen LogP contribution in [0.25, 0.3) is 17.3 Å². The maximum absolute atomic E-state index is 12.9. The summed E-state index contributed by atoms with van der Waals surface area (Å²) in [5.74, 6) is 2.81. The first-order valence-corrected chi connectivity index (χ1v) is 15.9. The number of amides is 1. The molecule has 210 valence electrons. The smallest absolute Gasteiger partial charge is 0.263 e. The number of carbonyl (C=O) groups excluding carboxylic acids is 1. The van der Waals surface area contributed by atoms with Crippen molar-refractivity contribution >= 4 is 35.1 Å². The van der Waals surface area contributed by atoms with Gasteiger partial charge >= 0.3 is 0 Å². The fraction of sp³-hybridized carbons (Fsp3) is 0.438. The van der Waals surface area contributed by atoms with Gasteiger partial charge in [-0.15, -0.1) is 11.3 Å². The lowest BCUT2D eigenvalue weighted by Crippen LogP contribution is -2.30. The number of aromatic nitrogens is 3. The second-order valence-corrected chi connectivity index (χ2v) is 14.0. The van der Waals surface area contributed by atoms with Crippen LogP contribution in [0.15, 0.2) is 54.0 Å². The molecule has 0 fully saturated rings. The van der Waals surface area contributed by atoms with Gasteiger partial charge in [-0.1, -0.05) is 65.0 Å². The van der Waals surface area contributed by atoms with Crippen LogP contribution in [-0.2, 0) is 5.41 Å². The maximum atomic E-state index is 12.9. The summed E-state index contributed by atoms with van der Waals surface area (Å²) in [5, 5.41) is 14.0. The Morgan fingerprint density at radius 3 is 2.55 bits per heavy atom. The van der Waals surface area contributed by atoms with E-state index in [1.54, 1.807) is 12.5 Å². The molecule has 0 bridgehead atoms. The quantitative estimate of drug-likeness (QED) is 0.331. The molecule has 0 radical (unpaired) electrons. The zero-order chi connectivity index (χ0) is 28.4. The monoisotopic (exact) mass is 574 g/mol. The number of nitrogens with zero attached hydrogens (tertiary/aromatic N) is 3. The van der Waals surface area contributed by atoms with Crippen LogP contribution >= 0.6 is 23.1 Å². The largest absolute Gasteiger partial charge is 0.394 e. The van der Waals surface area contributed by atoms with Gasteiger partial charge < -0.3 is 10.4 Å². The van der Waals surface area contributed by atoms with Crippen LogP contribution in [0.2, 0.25) is 0 Å². The number of rotatable bonds is 6. The molecule has 0 spiro atoms. The molecular weight excluding hydrogens is 537 g/mol. The van der Waals surface area contributed by atoms with Gasteiger partial charge in [0.15, 0.2) is 0 Å². The molecule has 2 N–H and O–H groups in total. The van der Waals surface area contributed by atoms with Gasteiger partial charge in [0.2, 0.25) is 0 Å². The van der Waals surface area contributed by atoms with E-state index in [0.29, 0.717) is 16.7 Å². The molecule has 3 heterocycles. The van der Waals surface area contributed by atoms with Crippen LogP contribution in [0.5, 0.6) is 0 Å². The van der Waals surface area contributed by atoms with E-state index in [-0.39, 0.29) is 17.9 Å². The number of benzene rings is 1. The molecule has 1 amide bonds. The minimum atomic E-state index is -0.518. The number of hydrogen-bond donors (Lipinski definition) is 2. The third kappa shape index (κ3) is 6.09. The highest BCUT2D eigenvalue weighted by molar-refractivity contribution is 7.99. The van der Waals surface area contributed by atoms with Crippen LogP contribution in [0, 0.1) is 5.92 Å². The second-order valence-electron chi connectivity index (χ2n) is 11.8. The van der Waals surface area contributed by atoms with Crippen LogP contribution < -0.4 is 5.32 Å². The lowest BCUT2D eigenvalue weighted by Gasteiger charge is -2.23. The predicted octanol–water partition coefficient (Wildman–Crippen LogP) is 6.95. The van der Waals surface area contributed by atoms with Crippen molar-refractivity contribution in [2.24, 2.45) is 5.92 Å². The number of carbonyl (C=O) groups is 1. The molecule has 2 unspecified atom stereocenters. The van der Waals surface area contributed by atoms with Crippen molar-refractivity contribution in [3.8, 4) is 11.3 Å². The Labute approximate surface area is 245 Å². The van der Waals surface area contributed by atoms with E-state index in [1.165, 1.54) is 33.8 Å². The Kier molecular flexibility index (Phi) is 8.59. The van der Waals surface area contributed by atoms with Crippen molar-refractivity contribution in [2.45, 2.75) is 64.8 Å². The molecule has 1 aromatic carbocycles. The highest BCUT2D eigenvalue weighted by Gasteiger charge is 2.28. The SMILES string of the molecule is CC1c2c(ncnc2-c2ccc(C(CO)NC(=O)c3cnc(C(C)(C)C)s3)cc2)C=C(C2=CCSCC2)C[C@H]1C. The van der Waals surface area contributed by atoms with Gasteiger partial charge in [0.1, 0.15) is 11.2 Å². The summed E-state index contributed by atoms with van der Waals surface area (Å²) < 4.78 is 0. The molecule has 40 heavy (non-hydrogen) atoms. The highest BCUT2D eigenvalue weighted by Crippen LogP contribution is 2.42. The molecule has 8 heteroatoms. The lowest BCUT2D eigenvalue weighted by atomic mass is 9.83. The van der Waals surface area contributed by atoms with Gasteiger partial charge in [0.25, 0.3) is 5.91 Å². The van der Waals surface area contributed by atoms with Crippen LogP contribution in [0.1, 0.15) is 90.9 Å². The molecule has 3 atom stereocenters. The Bertz CT molecular complexity index is 1440. The average Bonchev–Trinajstić information content (AvgIpc) is 3.43. The summed E-state index contributed by atoms with van der Waals surface area (Å²) in [6, 6.07) is 7.48. The van der Waals surface area contributed by atoms with E-state index >= 15 is 0 Å². The number of hydrogen-bond acceptors (Lipinski definition) is 7. The van der Waals surface area contributed by atoms with E-state index in [0.717, 1.165) is 46.1 Å². The van der Waals surface area contributed by atoms with Gasteiger partial charge in [-0.3, -0.25) is 4.79 Å². The number of aliphatic hydroxyl groups is 1. The first-order valence-electron chi connectivity index (χ1n) is 14.0. The van der Waals surface area contributed by atoms with Crippen molar-refractivity contribution in [1.82, 2.24) is 20.3 Å². The Hall–Kier alpha value is -2.81. The minimum Gasteiger partial charge on any atom is -0.394 e. The van der Waals surface area contributed by atoms with Crippen LogP contribution in [0.3, 0.4) is 0 Å². The zero-order valence-corrected chi connectivity index (χ0v) is 25.5. The third-order valence-electron chi connectivity index (χ3n) is 7.90. The summed E-state index contributed by atoms with van der Waals surface area (Å²) in [7, 11) is 0. The molecule has 6 nitrogen and oxygen atoms in total. The molecule has 1 aliphatic carbocycles. The van der Waals surface area contributed by atoms with E-state index in [9.17, 15) is 9.90 Å². The molecule has 2 aromatic heterocycles. The van der Waals surface area contributed by atoms with Crippen molar-refractivity contribution in [3.63, 3.8) is 0 Å². The normalized spacial score (nSPS) is 20.1. The van der Waals surface area contributed by atoms with Gasteiger partial charge in [0, 0.05) is 22.3 Å². The fourth-order valence-corrected chi connectivity index (χ4v) is 7.07. The predicted molar refractivity (Wildman–Crippen MR) is 166 cm³/mol. The molecule has 0 saturated heterocycles. The van der Waals surface area contributed by atoms with Crippen molar-refractivity contribution in [3.05, 3.63) is 80.7 Å². The number of thiazole rings is 1. The van der Waals surface area contributed by atoms with Crippen molar-refractivity contribution < 1.29 is 9.90 Å². The Morgan fingerprint density at radius 2 is 1.90 bits per heavy atom. The first-order chi connectivity index (χ1) is 19.2. The van der Waals surface area contributed by atoms with Gasteiger partial charge in [-0.2, -0.15) is 11.8 Å². The topological polar surface area (TPSA) is 88.0 Å². The van der Waals surface area contributed by atoms with E-state index in [4.69, 9.17) is 9.97 Å². The van der Waals surface area contributed by atoms with Crippen molar-refractivity contribution in [1.29, 1.82) is 0 Å². The average molecular weight is 575 g/mol. The van der Waals surface area contributed by atoms with Gasteiger partial charge in [0.05, 0.1) is 35.2 Å². The van der Waals surface area contributed by atoms with Gasteiger partial charge in [-0.05, 0) is 53.2 Å². The summed E-state index contributed by atoms with van der Waals surface area (Å²) in [4.78, 5) is 27.4. The van der Waals surface area contributed by atoms with E-state index in [1.807, 2.05) is 36.0 Å². The Morgan fingerprint density at radius 1 is 1.12 bits per heavy atom. The molecule has 5 rings (SSSR count). The van der Waals surface area contributed by atoms with Gasteiger partial charge in [-0.25, -0.2) is 15.0 Å².